The van der Waals surface area contributed by atoms with E-state index in [4.69, 9.17) is 0 Å². The van der Waals surface area contributed by atoms with Crippen LogP contribution in [0.2, 0.25) is 0 Å². The zero-order valence-corrected chi connectivity index (χ0v) is 14.6. The molecule has 0 aromatic heterocycles. The minimum atomic E-state index is -0.636. The van der Waals surface area contributed by atoms with E-state index in [1.807, 2.05) is 20.8 Å². The number of hydrogen-bond acceptors (Lipinski definition) is 1. The van der Waals surface area contributed by atoms with E-state index in [0.29, 0.717) is 5.41 Å². The molecular weight excluding hydrogens is 248 g/mol. The quantitative estimate of drug-likeness (QED) is 0.535. The number of carbonyl (C=O) groups is 1. The molecule has 0 spiro atoms. The lowest BCUT2D eigenvalue weighted by Gasteiger charge is -2.26. The van der Waals surface area contributed by atoms with Crippen molar-refractivity contribution in [3.05, 3.63) is 0 Å². The monoisotopic (exact) mass is 284 g/mol. The SMILES string of the molecule is CC(C)(C)CCCCCCCCC(C(=O)O)C(C)(C)C. The molecule has 2 heteroatoms. The second-order valence-corrected chi connectivity index (χ2v) is 8.48. The summed E-state index contributed by atoms with van der Waals surface area (Å²) in [4.78, 5) is 11.2. The molecule has 0 radical (unpaired) electrons. The van der Waals surface area contributed by atoms with E-state index >= 15 is 0 Å². The minimum Gasteiger partial charge on any atom is -0.481 e. The third-order valence-electron chi connectivity index (χ3n) is 4.01. The van der Waals surface area contributed by atoms with E-state index in [1.54, 1.807) is 0 Å². The molecule has 0 rings (SSSR count). The van der Waals surface area contributed by atoms with Crippen molar-refractivity contribution in [2.24, 2.45) is 16.7 Å². The van der Waals surface area contributed by atoms with Gasteiger partial charge >= 0.3 is 5.97 Å². The number of rotatable bonds is 9. The molecule has 0 aromatic rings. The fourth-order valence-electron chi connectivity index (χ4n) is 2.64. The fourth-order valence-corrected chi connectivity index (χ4v) is 2.64. The summed E-state index contributed by atoms with van der Waals surface area (Å²) in [5, 5.41) is 9.26. The first kappa shape index (κ1) is 19.5. The van der Waals surface area contributed by atoms with Gasteiger partial charge in [-0.3, -0.25) is 4.79 Å². The van der Waals surface area contributed by atoms with Gasteiger partial charge in [0.1, 0.15) is 0 Å². The average Bonchev–Trinajstić information content (AvgIpc) is 2.22. The Hall–Kier alpha value is -0.530. The van der Waals surface area contributed by atoms with Gasteiger partial charge in [0.05, 0.1) is 5.92 Å². The predicted octanol–water partition coefficient (Wildman–Crippen LogP) is 5.90. The summed E-state index contributed by atoms with van der Waals surface area (Å²) in [6.07, 6.45) is 9.54. The predicted molar refractivity (Wildman–Crippen MR) is 87.0 cm³/mol. The molecule has 0 aliphatic heterocycles. The molecule has 1 unspecified atom stereocenters. The zero-order chi connectivity index (χ0) is 15.8. The maximum atomic E-state index is 11.2. The highest BCUT2D eigenvalue weighted by Gasteiger charge is 2.30. The summed E-state index contributed by atoms with van der Waals surface area (Å²) < 4.78 is 0. The van der Waals surface area contributed by atoms with Crippen LogP contribution in [0.5, 0.6) is 0 Å². The van der Waals surface area contributed by atoms with Crippen LogP contribution in [0.1, 0.15) is 92.9 Å². The van der Waals surface area contributed by atoms with Crippen molar-refractivity contribution in [2.75, 3.05) is 0 Å². The standard InChI is InChI=1S/C18H36O2/c1-17(2,3)14-12-10-8-7-9-11-13-15(16(19)20)18(4,5)6/h15H,7-14H2,1-6H3,(H,19,20). The molecule has 0 aromatic carbocycles. The van der Waals surface area contributed by atoms with E-state index in [0.717, 1.165) is 12.8 Å². The van der Waals surface area contributed by atoms with Crippen molar-refractivity contribution in [2.45, 2.75) is 92.9 Å². The first-order chi connectivity index (χ1) is 9.04. The Morgan fingerprint density at radius 2 is 1.30 bits per heavy atom. The molecule has 0 saturated carbocycles. The number of carboxylic acid groups (broad SMARTS) is 1. The van der Waals surface area contributed by atoms with E-state index in [-0.39, 0.29) is 11.3 Å². The van der Waals surface area contributed by atoms with Gasteiger partial charge in [0.25, 0.3) is 0 Å². The van der Waals surface area contributed by atoms with Gasteiger partial charge in [-0.15, -0.1) is 0 Å². The smallest absolute Gasteiger partial charge is 0.307 e. The van der Waals surface area contributed by atoms with Crippen LogP contribution in [0, 0.1) is 16.7 Å². The molecule has 0 aliphatic carbocycles. The molecule has 1 N–H and O–H groups in total. The Bertz CT molecular complexity index is 268. The van der Waals surface area contributed by atoms with Gasteiger partial charge in [-0.1, -0.05) is 80.1 Å². The van der Waals surface area contributed by atoms with Gasteiger partial charge in [0.2, 0.25) is 0 Å². The zero-order valence-electron chi connectivity index (χ0n) is 14.6. The highest BCUT2D eigenvalue weighted by atomic mass is 16.4. The molecule has 20 heavy (non-hydrogen) atoms. The Morgan fingerprint density at radius 1 is 0.850 bits per heavy atom. The molecule has 0 amide bonds. The highest BCUT2D eigenvalue weighted by Crippen LogP contribution is 2.30. The molecular formula is C18H36O2. The Labute approximate surface area is 126 Å². The molecule has 0 fully saturated rings. The Morgan fingerprint density at radius 3 is 1.70 bits per heavy atom. The third-order valence-corrected chi connectivity index (χ3v) is 4.01. The van der Waals surface area contributed by atoms with Crippen molar-refractivity contribution in [3.63, 3.8) is 0 Å². The highest BCUT2D eigenvalue weighted by molar-refractivity contribution is 5.70. The Kier molecular flexibility index (Phi) is 8.46. The van der Waals surface area contributed by atoms with Gasteiger partial charge in [-0.25, -0.2) is 0 Å². The second kappa shape index (κ2) is 8.69. The van der Waals surface area contributed by atoms with Crippen molar-refractivity contribution in [3.8, 4) is 0 Å². The van der Waals surface area contributed by atoms with Gasteiger partial charge < -0.3 is 5.11 Å². The molecule has 0 heterocycles. The van der Waals surface area contributed by atoms with Gasteiger partial charge in [-0.05, 0) is 23.7 Å². The van der Waals surface area contributed by atoms with E-state index in [2.05, 4.69) is 20.8 Å². The van der Waals surface area contributed by atoms with Crippen molar-refractivity contribution in [1.29, 1.82) is 0 Å². The lowest BCUT2D eigenvalue weighted by atomic mass is 9.78. The molecule has 2 nitrogen and oxygen atoms in total. The number of unbranched alkanes of at least 4 members (excludes halogenated alkanes) is 5. The van der Waals surface area contributed by atoms with Crippen LogP contribution in [0.3, 0.4) is 0 Å². The minimum absolute atomic E-state index is 0.126. The maximum Gasteiger partial charge on any atom is 0.307 e. The first-order valence-corrected chi connectivity index (χ1v) is 8.27. The molecule has 0 aliphatic rings. The Balaban J connectivity index is 3.64. The van der Waals surface area contributed by atoms with Crippen LogP contribution in [0.25, 0.3) is 0 Å². The van der Waals surface area contributed by atoms with Crippen LogP contribution < -0.4 is 0 Å². The first-order valence-electron chi connectivity index (χ1n) is 8.27. The van der Waals surface area contributed by atoms with Crippen LogP contribution in [0.4, 0.5) is 0 Å². The summed E-state index contributed by atoms with van der Waals surface area (Å²) in [7, 11) is 0. The largest absolute Gasteiger partial charge is 0.481 e. The number of carboxylic acids is 1. The molecule has 0 saturated heterocycles. The van der Waals surface area contributed by atoms with Gasteiger partial charge in [-0.2, -0.15) is 0 Å². The summed E-state index contributed by atoms with van der Waals surface area (Å²) in [5.41, 5.74) is 0.333. The maximum absolute atomic E-state index is 11.2. The fraction of sp³-hybridized carbons (Fsp3) is 0.944. The van der Waals surface area contributed by atoms with Crippen LogP contribution >= 0.6 is 0 Å². The van der Waals surface area contributed by atoms with E-state index < -0.39 is 5.97 Å². The van der Waals surface area contributed by atoms with Crippen molar-refractivity contribution < 1.29 is 9.90 Å². The average molecular weight is 284 g/mol. The summed E-state index contributed by atoms with van der Waals surface area (Å²) in [6.45, 7) is 13.0. The summed E-state index contributed by atoms with van der Waals surface area (Å²) in [6, 6.07) is 0. The van der Waals surface area contributed by atoms with Crippen molar-refractivity contribution >= 4 is 5.97 Å². The lowest BCUT2D eigenvalue weighted by Crippen LogP contribution is -2.28. The van der Waals surface area contributed by atoms with E-state index in [1.165, 1.54) is 38.5 Å². The molecule has 0 bridgehead atoms. The second-order valence-electron chi connectivity index (χ2n) is 8.48. The van der Waals surface area contributed by atoms with E-state index in [9.17, 15) is 9.90 Å². The summed E-state index contributed by atoms with van der Waals surface area (Å²) in [5.74, 6) is -0.842. The number of aliphatic carboxylic acids is 1. The molecule has 120 valence electrons. The van der Waals surface area contributed by atoms with Gasteiger partial charge in [0.15, 0.2) is 0 Å². The van der Waals surface area contributed by atoms with Crippen molar-refractivity contribution in [1.82, 2.24) is 0 Å². The summed E-state index contributed by atoms with van der Waals surface area (Å²) >= 11 is 0. The molecule has 1 atom stereocenters. The lowest BCUT2D eigenvalue weighted by molar-refractivity contribution is -0.145. The normalized spacial score (nSPS) is 14.3. The van der Waals surface area contributed by atoms with Crippen LogP contribution in [-0.4, -0.2) is 11.1 Å². The van der Waals surface area contributed by atoms with Gasteiger partial charge in [0, 0.05) is 0 Å². The van der Waals surface area contributed by atoms with Crippen LogP contribution in [-0.2, 0) is 4.79 Å². The topological polar surface area (TPSA) is 37.3 Å². The van der Waals surface area contributed by atoms with Crippen LogP contribution in [0.15, 0.2) is 0 Å². The number of hydrogen-bond donors (Lipinski definition) is 1. The third kappa shape index (κ3) is 10.3.